The van der Waals surface area contributed by atoms with Gasteiger partial charge in [-0.2, -0.15) is 0 Å². The van der Waals surface area contributed by atoms with Gasteiger partial charge < -0.3 is 15.5 Å². The summed E-state index contributed by atoms with van der Waals surface area (Å²) in [4.78, 5) is 22.5. The average Bonchev–Trinajstić information content (AvgIpc) is 3.09. The number of carboxylic acid groups (broad SMARTS) is 1. The van der Waals surface area contributed by atoms with E-state index in [1.807, 2.05) is 0 Å². The van der Waals surface area contributed by atoms with Crippen LogP contribution in [0.15, 0.2) is 0 Å². The van der Waals surface area contributed by atoms with E-state index in [1.165, 1.54) is 64.2 Å². The normalized spacial score (nSPS) is 41.1. The molecule has 4 aliphatic carbocycles. The number of rotatable bonds is 6. The molecule has 4 fully saturated rings. The molecule has 0 aliphatic heterocycles. The van der Waals surface area contributed by atoms with E-state index < -0.39 is 5.97 Å². The van der Waals surface area contributed by atoms with E-state index in [9.17, 15) is 9.59 Å². The number of fused-ring (bicyclic) bond motifs is 5. The summed E-state index contributed by atoms with van der Waals surface area (Å²) in [5, 5.41) is 18.2. The van der Waals surface area contributed by atoms with Crippen LogP contribution < -0.4 is 5.32 Å². The van der Waals surface area contributed by atoms with Crippen molar-refractivity contribution in [2.45, 2.75) is 97.3 Å². The Morgan fingerprint density at radius 2 is 1.65 bits per heavy atom. The molecular weight excluding hydrogens is 390 g/mol. The number of carboxylic acids is 1. The van der Waals surface area contributed by atoms with Gasteiger partial charge in [0.15, 0.2) is 0 Å². The molecule has 5 nitrogen and oxygen atoms in total. The molecule has 5 heteroatoms. The highest BCUT2D eigenvalue weighted by molar-refractivity contribution is 5.80. The Kier molecular flexibility index (Phi) is 8.10. The summed E-state index contributed by atoms with van der Waals surface area (Å²) < 4.78 is 0. The van der Waals surface area contributed by atoms with Crippen LogP contribution in [-0.4, -0.2) is 35.7 Å². The minimum Gasteiger partial charge on any atom is -0.480 e. The maximum absolute atomic E-state index is 11.9. The van der Waals surface area contributed by atoms with Crippen molar-refractivity contribution < 1.29 is 19.8 Å². The smallest absolute Gasteiger partial charge is 0.322 e. The van der Waals surface area contributed by atoms with Gasteiger partial charge in [0.1, 0.15) is 6.54 Å². The number of nitrogens with one attached hydrogen (secondary N) is 1. The van der Waals surface area contributed by atoms with Crippen molar-refractivity contribution in [3.8, 4) is 0 Å². The zero-order valence-corrected chi connectivity index (χ0v) is 20.0. The molecular formula is C26H45NO4. The minimum atomic E-state index is -0.970. The Morgan fingerprint density at radius 1 is 0.903 bits per heavy atom. The highest BCUT2D eigenvalue weighted by Crippen LogP contribution is 2.67. The zero-order chi connectivity index (χ0) is 22.6. The molecule has 1 amide bonds. The summed E-state index contributed by atoms with van der Waals surface area (Å²) in [6.07, 6.45) is 16.8. The molecule has 0 heterocycles. The molecule has 0 aromatic rings. The summed E-state index contributed by atoms with van der Waals surface area (Å²) >= 11 is 0. The molecule has 178 valence electrons. The molecule has 4 aliphatic rings. The second-order valence-electron chi connectivity index (χ2n) is 11.3. The van der Waals surface area contributed by atoms with Crippen LogP contribution in [-0.2, 0) is 9.59 Å². The van der Waals surface area contributed by atoms with Crippen molar-refractivity contribution in [1.82, 2.24) is 5.32 Å². The maximum Gasteiger partial charge on any atom is 0.322 e. The van der Waals surface area contributed by atoms with Gasteiger partial charge >= 0.3 is 5.97 Å². The van der Waals surface area contributed by atoms with Gasteiger partial charge in [-0.05, 0) is 105 Å². The summed E-state index contributed by atoms with van der Waals surface area (Å²) in [6, 6.07) is 0. The Bertz CT molecular complexity index is 637. The first-order chi connectivity index (χ1) is 14.8. The Labute approximate surface area is 188 Å². The molecule has 4 rings (SSSR count). The first kappa shape index (κ1) is 24.5. The lowest BCUT2D eigenvalue weighted by Crippen LogP contribution is -2.52. The number of aliphatic carboxylic acids is 1. The van der Waals surface area contributed by atoms with Gasteiger partial charge in [0.25, 0.3) is 0 Å². The number of aliphatic hydroxyl groups excluding tert-OH is 1. The topological polar surface area (TPSA) is 86.6 Å². The summed E-state index contributed by atoms with van der Waals surface area (Å²) in [6.45, 7) is 4.97. The molecule has 0 saturated heterocycles. The first-order valence-electron chi connectivity index (χ1n) is 12.8. The van der Waals surface area contributed by atoms with E-state index in [0.29, 0.717) is 17.3 Å². The van der Waals surface area contributed by atoms with E-state index in [2.05, 4.69) is 19.2 Å². The Hall–Kier alpha value is -1.10. The molecule has 0 aromatic carbocycles. The second kappa shape index (κ2) is 10.2. The van der Waals surface area contributed by atoms with Gasteiger partial charge in [-0.3, -0.25) is 9.59 Å². The molecule has 3 N–H and O–H groups in total. The number of hydrogen-bond donors (Lipinski definition) is 3. The number of carbonyl (C=O) groups excluding carboxylic acids is 1. The molecule has 0 spiro atoms. The highest BCUT2D eigenvalue weighted by atomic mass is 16.4. The van der Waals surface area contributed by atoms with Crippen molar-refractivity contribution in [2.75, 3.05) is 13.7 Å². The molecule has 0 bridgehead atoms. The maximum atomic E-state index is 11.9. The van der Waals surface area contributed by atoms with Crippen LogP contribution in [0, 0.1) is 40.4 Å². The second-order valence-corrected chi connectivity index (χ2v) is 11.3. The van der Waals surface area contributed by atoms with Gasteiger partial charge in [0.2, 0.25) is 5.91 Å². The van der Waals surface area contributed by atoms with E-state index in [-0.39, 0.29) is 12.5 Å². The van der Waals surface area contributed by atoms with Crippen molar-refractivity contribution in [2.24, 2.45) is 40.4 Å². The summed E-state index contributed by atoms with van der Waals surface area (Å²) in [5.74, 6) is 3.45. The van der Waals surface area contributed by atoms with E-state index in [0.717, 1.165) is 49.5 Å². The summed E-state index contributed by atoms with van der Waals surface area (Å²) in [7, 11) is 1.00. The molecule has 0 radical (unpaired) electrons. The van der Waals surface area contributed by atoms with Gasteiger partial charge in [0.05, 0.1) is 0 Å². The van der Waals surface area contributed by atoms with Crippen LogP contribution in [0.1, 0.15) is 97.3 Å². The largest absolute Gasteiger partial charge is 0.480 e. The third-order valence-corrected chi connectivity index (χ3v) is 10.2. The van der Waals surface area contributed by atoms with Crippen molar-refractivity contribution in [1.29, 1.82) is 0 Å². The quantitative estimate of drug-likeness (QED) is 0.547. The van der Waals surface area contributed by atoms with Crippen LogP contribution >= 0.6 is 0 Å². The SMILES string of the molecule is CC12CCC3[C@@H](CC[C@@H]4CCCCC34C)C1CCC2CCCC(=O)NCC(=O)O.CO. The van der Waals surface area contributed by atoms with Crippen LogP contribution in [0.2, 0.25) is 0 Å². The molecule has 31 heavy (non-hydrogen) atoms. The van der Waals surface area contributed by atoms with E-state index in [1.54, 1.807) is 0 Å². The molecule has 5 unspecified atom stereocenters. The third kappa shape index (κ3) is 4.82. The lowest BCUT2D eigenvalue weighted by atomic mass is 9.45. The number of amides is 1. The fourth-order valence-corrected chi connectivity index (χ4v) is 8.65. The molecule has 0 aromatic heterocycles. The predicted octanol–water partition coefficient (Wildman–Crippen LogP) is 5.02. The molecule has 7 atom stereocenters. The van der Waals surface area contributed by atoms with E-state index >= 15 is 0 Å². The number of carbonyl (C=O) groups is 2. The van der Waals surface area contributed by atoms with Crippen LogP contribution in [0.3, 0.4) is 0 Å². The standard InChI is InChI=1S/C25H41NO3.CH4O/c1-24-14-4-3-6-17(24)9-11-19-20-12-10-18(25(20,2)15-13-21(19)24)7-5-8-22(27)26-16-23(28)29;1-2/h17-21H,3-16H2,1-2H3,(H,26,27)(H,28,29);2H,1H3/t17-,18?,19-,20?,21?,24?,25?;/m0./s1. The van der Waals surface area contributed by atoms with Gasteiger partial charge in [0, 0.05) is 13.5 Å². The fraction of sp³-hybridized carbons (Fsp3) is 0.923. The Morgan fingerprint density at radius 3 is 2.39 bits per heavy atom. The lowest BCUT2D eigenvalue weighted by molar-refractivity contribution is -0.138. The number of aliphatic hydroxyl groups is 1. The van der Waals surface area contributed by atoms with Crippen LogP contribution in [0.5, 0.6) is 0 Å². The number of hydrogen-bond acceptors (Lipinski definition) is 3. The highest BCUT2D eigenvalue weighted by Gasteiger charge is 2.59. The van der Waals surface area contributed by atoms with Crippen molar-refractivity contribution in [3.63, 3.8) is 0 Å². The third-order valence-electron chi connectivity index (χ3n) is 10.2. The minimum absolute atomic E-state index is 0.112. The van der Waals surface area contributed by atoms with E-state index in [4.69, 9.17) is 10.2 Å². The zero-order valence-electron chi connectivity index (χ0n) is 20.0. The van der Waals surface area contributed by atoms with Gasteiger partial charge in [-0.15, -0.1) is 0 Å². The first-order valence-corrected chi connectivity index (χ1v) is 12.8. The predicted molar refractivity (Wildman–Crippen MR) is 122 cm³/mol. The van der Waals surface area contributed by atoms with Crippen molar-refractivity contribution in [3.05, 3.63) is 0 Å². The monoisotopic (exact) mass is 435 g/mol. The van der Waals surface area contributed by atoms with Crippen LogP contribution in [0.25, 0.3) is 0 Å². The fourth-order valence-electron chi connectivity index (χ4n) is 8.65. The Balaban J connectivity index is 0.00000132. The van der Waals surface area contributed by atoms with Gasteiger partial charge in [-0.25, -0.2) is 0 Å². The van der Waals surface area contributed by atoms with Crippen molar-refractivity contribution >= 4 is 11.9 Å². The van der Waals surface area contributed by atoms with Crippen LogP contribution in [0.4, 0.5) is 0 Å². The lowest BCUT2D eigenvalue weighted by Gasteiger charge is -2.60. The van der Waals surface area contributed by atoms with Gasteiger partial charge in [-0.1, -0.05) is 26.7 Å². The average molecular weight is 436 g/mol. The molecule has 4 saturated carbocycles. The summed E-state index contributed by atoms with van der Waals surface area (Å²) in [5.41, 5.74) is 1.08.